The van der Waals surface area contributed by atoms with Crippen molar-refractivity contribution in [2.75, 3.05) is 0 Å². The van der Waals surface area contributed by atoms with Crippen LogP contribution < -0.4 is 19.6 Å². The van der Waals surface area contributed by atoms with Crippen molar-refractivity contribution in [3.8, 4) is 23.0 Å². The maximum Gasteiger partial charge on any atom is 0.524 e. The van der Waals surface area contributed by atoms with Gasteiger partial charge in [-0.2, -0.15) is 0 Å². The van der Waals surface area contributed by atoms with Crippen LogP contribution >= 0.6 is 0 Å². The molecule has 6 N–H and O–H groups in total. The summed E-state index contributed by atoms with van der Waals surface area (Å²) in [6, 6.07) is 6.11. The van der Waals surface area contributed by atoms with Gasteiger partial charge in [0.25, 0.3) is 0 Å². The second-order valence-corrected chi connectivity index (χ2v) is 22.4. The summed E-state index contributed by atoms with van der Waals surface area (Å²) in [6.45, 7) is 12.2. The molecule has 0 bridgehead atoms. The lowest BCUT2D eigenvalue weighted by Gasteiger charge is -2.24. The van der Waals surface area contributed by atoms with Crippen LogP contribution in [-0.4, -0.2) is 84.5 Å². The lowest BCUT2D eigenvalue weighted by atomic mass is 9.83. The monoisotopic (exact) mass is 1250 g/mol. The van der Waals surface area contributed by atoms with Crippen molar-refractivity contribution in [1.29, 1.82) is 0 Å². The Bertz CT molecular complexity index is 2930. The number of rotatable bonds is 44. The zero-order valence-electron chi connectivity index (χ0n) is 53.0. The normalized spacial score (nSPS) is 11.0. The van der Waals surface area contributed by atoms with E-state index in [-0.39, 0.29) is 25.7 Å². The van der Waals surface area contributed by atoms with E-state index in [4.69, 9.17) is 29.0 Å². The van der Waals surface area contributed by atoms with Crippen molar-refractivity contribution in [2.45, 2.75) is 234 Å². The minimum Gasteiger partial charge on any atom is -0.478 e. The van der Waals surface area contributed by atoms with Crippen molar-refractivity contribution >= 4 is 53.9 Å². The van der Waals surface area contributed by atoms with Crippen molar-refractivity contribution in [2.24, 2.45) is 0 Å². The topological polar surface area (TPSA) is 330 Å². The Morgan fingerprint density at radius 3 is 0.800 bits per heavy atom. The van der Waals surface area contributed by atoms with E-state index in [0.717, 1.165) is 152 Å². The van der Waals surface area contributed by atoms with Gasteiger partial charge >= 0.3 is 53.9 Å². The first-order chi connectivity index (χ1) is 43.3. The second kappa shape index (κ2) is 38.8. The average Bonchev–Trinajstić information content (AvgIpc) is 1.08. The lowest BCUT2D eigenvalue weighted by molar-refractivity contribution is -0.102. The molecule has 0 heterocycles. The molecule has 4 rings (SSSR count). The number of unbranched alkanes of at least 4 members (excludes halogenated alkanes) is 18. The Morgan fingerprint density at radius 2 is 0.544 bits per heavy atom. The number of carboxylic acids is 6. The van der Waals surface area contributed by atoms with Crippen LogP contribution in [0.15, 0.2) is 36.4 Å². The van der Waals surface area contributed by atoms with Crippen LogP contribution in [0.25, 0.3) is 0 Å². The van der Waals surface area contributed by atoms with Crippen LogP contribution in [0, 0.1) is 0 Å². The molecule has 0 atom stereocenters. The molecular weight excluding hydrogens is 1160 g/mol. The molecular formula is C69H90O21. The molecule has 0 fully saturated rings. The number of aromatic carboxylic acids is 6. The molecule has 90 heavy (non-hydrogen) atoms. The Kier molecular flexibility index (Phi) is 31.9. The van der Waals surface area contributed by atoms with E-state index in [1.807, 2.05) is 41.5 Å². The standard InChI is InChI=1S/C69H90O21/c1-7-13-19-25-33-43-45(35-27-21-15-9-3)55(63(74)75)57(65(78)79)59(47(43)37-29-23-17-11-5)89-87-51-41-31-39-49(53(51)61(70)71)67(82)85-69(84)86-68(83)50-40-32-42-52(54(50)62(72)73)88-90-60-48(38-30-24-18-12-6)44(34-26-20-14-8-2)46(36-28-22-16-10-4)56(64(76)77)58(60)66(80)81/h31-32,39-42H,7-30,33-38H2,1-6H3,(H,70,71)(H,72,73)(H,74,75)(H,76,77)(H,78,79)(H,80,81). The molecule has 0 aromatic heterocycles. The Hall–Kier alpha value is -8.49. The van der Waals surface area contributed by atoms with E-state index in [0.29, 0.717) is 84.7 Å². The maximum absolute atomic E-state index is 13.8. The molecule has 0 spiro atoms. The van der Waals surface area contributed by atoms with Gasteiger partial charge in [0.1, 0.15) is 22.3 Å². The number of hydrogen-bond acceptors (Lipinski definition) is 15. The SMILES string of the molecule is CCCCCCc1c(CCCCCC)c(OOc2cccc(C(=O)OC(=O)OC(=O)c3cccc(OOc4c(CCCCCC)c(CCCCCC)c(CCCCCC)c(C(=O)O)c4C(=O)O)c3C(=O)O)c2C(=O)O)c(C(=O)O)c(C(=O)O)c1CCCCCC. The van der Waals surface area contributed by atoms with Gasteiger partial charge in [0, 0.05) is 11.1 Å². The molecule has 0 aliphatic rings. The Balaban J connectivity index is 1.76. The first-order valence-corrected chi connectivity index (χ1v) is 32.0. The molecule has 0 unspecified atom stereocenters. The van der Waals surface area contributed by atoms with Crippen LogP contribution in [0.1, 0.15) is 312 Å². The summed E-state index contributed by atoms with van der Waals surface area (Å²) in [5, 5.41) is 64.1. The predicted molar refractivity (Wildman–Crippen MR) is 333 cm³/mol. The fourth-order valence-corrected chi connectivity index (χ4v) is 11.3. The first-order valence-electron chi connectivity index (χ1n) is 32.0. The summed E-state index contributed by atoms with van der Waals surface area (Å²) >= 11 is 0. The average molecular weight is 1260 g/mol. The molecule has 0 amide bonds. The molecule has 0 saturated carbocycles. The number of carbonyl (C=O) groups excluding carboxylic acids is 3. The van der Waals surface area contributed by atoms with Gasteiger partial charge in [-0.3, -0.25) is 19.6 Å². The van der Waals surface area contributed by atoms with E-state index >= 15 is 0 Å². The van der Waals surface area contributed by atoms with Crippen LogP contribution in [0.5, 0.6) is 23.0 Å². The Morgan fingerprint density at radius 1 is 0.289 bits per heavy atom. The summed E-state index contributed by atoms with van der Waals surface area (Å²) in [4.78, 5) is 143. The van der Waals surface area contributed by atoms with Gasteiger partial charge < -0.3 is 40.1 Å². The van der Waals surface area contributed by atoms with E-state index in [1.54, 1.807) is 0 Å². The van der Waals surface area contributed by atoms with Crippen molar-refractivity contribution in [1.82, 2.24) is 0 Å². The molecule has 0 radical (unpaired) electrons. The summed E-state index contributed by atoms with van der Waals surface area (Å²) < 4.78 is 9.55. The fraction of sp³-hybridized carbons (Fsp3) is 0.522. The summed E-state index contributed by atoms with van der Waals surface area (Å²) in [5.74, 6) is -15.8. The molecule has 4 aromatic rings. The van der Waals surface area contributed by atoms with Gasteiger partial charge in [-0.05, 0) is 124 Å². The fourth-order valence-electron chi connectivity index (χ4n) is 11.3. The minimum absolute atomic E-state index is 0.249. The number of carboxylic acid groups (broad SMARTS) is 6. The van der Waals surface area contributed by atoms with E-state index < -0.39 is 121 Å². The molecule has 492 valence electrons. The predicted octanol–water partition coefficient (Wildman–Crippen LogP) is 16.5. The molecule has 0 aliphatic carbocycles. The van der Waals surface area contributed by atoms with Crippen LogP contribution in [0.3, 0.4) is 0 Å². The summed E-state index contributed by atoms with van der Waals surface area (Å²) in [7, 11) is 0. The van der Waals surface area contributed by atoms with Crippen molar-refractivity contribution in [3.05, 3.63) is 114 Å². The highest BCUT2D eigenvalue weighted by Crippen LogP contribution is 2.41. The van der Waals surface area contributed by atoms with E-state index in [2.05, 4.69) is 0 Å². The van der Waals surface area contributed by atoms with Gasteiger partial charge in [-0.1, -0.05) is 169 Å². The second-order valence-electron chi connectivity index (χ2n) is 22.4. The molecule has 4 aromatic carbocycles. The number of esters is 2. The minimum atomic E-state index is -2.06. The first kappa shape index (κ1) is 74.0. The van der Waals surface area contributed by atoms with Gasteiger partial charge in [0.2, 0.25) is 0 Å². The molecule has 21 nitrogen and oxygen atoms in total. The quantitative estimate of drug-likeness (QED) is 0.00787. The largest absolute Gasteiger partial charge is 0.524 e. The third-order valence-corrected chi connectivity index (χ3v) is 15.8. The lowest BCUT2D eigenvalue weighted by Crippen LogP contribution is -2.23. The van der Waals surface area contributed by atoms with E-state index in [1.165, 1.54) is 0 Å². The van der Waals surface area contributed by atoms with Crippen LogP contribution in [0.2, 0.25) is 0 Å². The highest BCUT2D eigenvalue weighted by atomic mass is 17.2. The van der Waals surface area contributed by atoms with Gasteiger partial charge in [-0.25, -0.2) is 43.2 Å². The number of carbonyl (C=O) groups is 9. The van der Waals surface area contributed by atoms with Gasteiger partial charge in [0.05, 0.1) is 22.3 Å². The zero-order valence-corrected chi connectivity index (χ0v) is 53.0. The smallest absolute Gasteiger partial charge is 0.478 e. The number of ether oxygens (including phenoxy) is 2. The third-order valence-electron chi connectivity index (χ3n) is 15.8. The van der Waals surface area contributed by atoms with Gasteiger partial charge in [-0.15, -0.1) is 0 Å². The van der Waals surface area contributed by atoms with Crippen molar-refractivity contribution in [3.63, 3.8) is 0 Å². The van der Waals surface area contributed by atoms with Crippen LogP contribution in [-0.2, 0) is 48.0 Å². The van der Waals surface area contributed by atoms with E-state index in [9.17, 15) is 73.8 Å². The highest BCUT2D eigenvalue weighted by Gasteiger charge is 2.36. The number of benzene rings is 4. The highest BCUT2D eigenvalue weighted by molar-refractivity contribution is 6.10. The van der Waals surface area contributed by atoms with Crippen molar-refractivity contribution < 1.29 is 103 Å². The number of hydrogen-bond donors (Lipinski definition) is 6. The molecule has 0 aliphatic heterocycles. The maximum atomic E-state index is 13.8. The third kappa shape index (κ3) is 20.8. The zero-order chi connectivity index (χ0) is 66.3. The van der Waals surface area contributed by atoms with Crippen LogP contribution in [0.4, 0.5) is 4.79 Å². The summed E-state index contributed by atoms with van der Waals surface area (Å²) in [6.07, 6.45) is 18.6. The molecule has 21 heteroatoms. The molecule has 0 saturated heterocycles. The Labute approximate surface area is 526 Å². The summed E-state index contributed by atoms with van der Waals surface area (Å²) in [5.41, 5.74) is -3.38. The van der Waals surface area contributed by atoms with Gasteiger partial charge in [0.15, 0.2) is 23.0 Å².